The number of rotatable bonds is 5. The van der Waals surface area contributed by atoms with Gasteiger partial charge in [0, 0.05) is 17.6 Å². The lowest BCUT2D eigenvalue weighted by molar-refractivity contribution is -0.124. The van der Waals surface area contributed by atoms with Gasteiger partial charge in [-0.1, -0.05) is 31.5 Å². The molecule has 1 aliphatic heterocycles. The highest BCUT2D eigenvalue weighted by molar-refractivity contribution is 5.97. The van der Waals surface area contributed by atoms with Crippen molar-refractivity contribution in [3.8, 4) is 0 Å². The van der Waals surface area contributed by atoms with Gasteiger partial charge >= 0.3 is 0 Å². The molecule has 3 unspecified atom stereocenters. The highest BCUT2D eigenvalue weighted by atomic mass is 16.2. The summed E-state index contributed by atoms with van der Waals surface area (Å²) in [5, 5.41) is 9.37. The van der Waals surface area contributed by atoms with E-state index in [-0.39, 0.29) is 23.8 Å². The second kappa shape index (κ2) is 8.29. The van der Waals surface area contributed by atoms with Gasteiger partial charge in [-0.25, -0.2) is 0 Å². The van der Waals surface area contributed by atoms with Crippen LogP contribution in [-0.2, 0) is 4.79 Å². The number of carbonyl (C=O) groups is 2. The first-order valence-corrected chi connectivity index (χ1v) is 8.78. The summed E-state index contributed by atoms with van der Waals surface area (Å²) >= 11 is 0. The molecule has 1 aromatic carbocycles. The Labute approximate surface area is 144 Å². The molecule has 1 heterocycles. The molecule has 5 heteroatoms. The van der Waals surface area contributed by atoms with Crippen LogP contribution in [0.3, 0.4) is 0 Å². The normalized spacial score (nSPS) is 22.0. The first kappa shape index (κ1) is 18.5. The van der Waals surface area contributed by atoms with Crippen LogP contribution in [0.1, 0.15) is 49.5 Å². The Morgan fingerprint density at radius 2 is 2.04 bits per heavy atom. The molecule has 0 bridgehead atoms. The molecule has 1 aromatic rings. The van der Waals surface area contributed by atoms with Crippen LogP contribution in [0.5, 0.6) is 0 Å². The van der Waals surface area contributed by atoms with Crippen molar-refractivity contribution in [2.75, 3.05) is 6.54 Å². The largest absolute Gasteiger partial charge is 0.351 e. The fraction of sp³-hybridized carbons (Fsp3) is 0.579. The van der Waals surface area contributed by atoms with Gasteiger partial charge in [0.2, 0.25) is 5.91 Å². The van der Waals surface area contributed by atoms with Crippen molar-refractivity contribution in [1.29, 1.82) is 0 Å². The fourth-order valence-corrected chi connectivity index (χ4v) is 3.10. The van der Waals surface area contributed by atoms with Crippen molar-refractivity contribution in [3.63, 3.8) is 0 Å². The number of amides is 2. The van der Waals surface area contributed by atoms with E-state index in [0.29, 0.717) is 11.6 Å². The summed E-state index contributed by atoms with van der Waals surface area (Å²) in [6, 6.07) is 7.45. The number of carbonyl (C=O) groups excluding carboxylic acids is 2. The molecular weight excluding hydrogens is 302 g/mol. The molecule has 3 atom stereocenters. The maximum absolute atomic E-state index is 12.6. The lowest BCUT2D eigenvalue weighted by Gasteiger charge is -2.31. The van der Waals surface area contributed by atoms with Crippen LogP contribution in [0.25, 0.3) is 0 Å². The molecule has 24 heavy (non-hydrogen) atoms. The predicted octanol–water partition coefficient (Wildman–Crippen LogP) is 2.01. The Morgan fingerprint density at radius 3 is 2.67 bits per heavy atom. The standard InChI is InChI=1S/C19H29N3O2/c1-12(2)17(19(24)21-16-8-9-20-14(4)11-16)22-18(23)15-7-5-6-13(3)10-15/h5-7,10,12,14,16-17,20H,8-9,11H2,1-4H3,(H,21,24)(H,22,23). The number of hydrogen-bond acceptors (Lipinski definition) is 3. The molecule has 1 fully saturated rings. The number of piperidine rings is 1. The lowest BCUT2D eigenvalue weighted by atomic mass is 9.98. The van der Waals surface area contributed by atoms with E-state index in [1.165, 1.54) is 0 Å². The molecule has 0 spiro atoms. The molecule has 1 aliphatic rings. The second-order valence-electron chi connectivity index (χ2n) is 7.15. The van der Waals surface area contributed by atoms with Crippen LogP contribution in [0.2, 0.25) is 0 Å². The van der Waals surface area contributed by atoms with Crippen molar-refractivity contribution in [2.45, 2.75) is 58.7 Å². The van der Waals surface area contributed by atoms with Gasteiger partial charge < -0.3 is 16.0 Å². The third-order valence-corrected chi connectivity index (χ3v) is 4.49. The third kappa shape index (κ3) is 5.06. The highest BCUT2D eigenvalue weighted by Crippen LogP contribution is 2.11. The van der Waals surface area contributed by atoms with E-state index >= 15 is 0 Å². The van der Waals surface area contributed by atoms with Gasteiger partial charge in [0.25, 0.3) is 5.91 Å². The third-order valence-electron chi connectivity index (χ3n) is 4.49. The number of nitrogens with one attached hydrogen (secondary N) is 3. The van der Waals surface area contributed by atoms with E-state index in [9.17, 15) is 9.59 Å². The summed E-state index contributed by atoms with van der Waals surface area (Å²) in [5.41, 5.74) is 1.61. The van der Waals surface area contributed by atoms with Crippen molar-refractivity contribution in [1.82, 2.24) is 16.0 Å². The minimum Gasteiger partial charge on any atom is -0.351 e. The number of benzene rings is 1. The van der Waals surface area contributed by atoms with E-state index in [2.05, 4.69) is 22.9 Å². The zero-order valence-corrected chi connectivity index (χ0v) is 15.1. The van der Waals surface area contributed by atoms with Gasteiger partial charge in [-0.2, -0.15) is 0 Å². The van der Waals surface area contributed by atoms with Crippen molar-refractivity contribution >= 4 is 11.8 Å². The van der Waals surface area contributed by atoms with Crippen LogP contribution in [0.15, 0.2) is 24.3 Å². The quantitative estimate of drug-likeness (QED) is 0.773. The Hall–Kier alpha value is -1.88. The molecule has 132 valence electrons. The summed E-state index contributed by atoms with van der Waals surface area (Å²) in [6.07, 6.45) is 1.84. The average Bonchev–Trinajstić information content (AvgIpc) is 2.52. The van der Waals surface area contributed by atoms with Crippen molar-refractivity contribution in [3.05, 3.63) is 35.4 Å². The molecule has 3 N–H and O–H groups in total. The monoisotopic (exact) mass is 331 g/mol. The zero-order chi connectivity index (χ0) is 17.7. The molecule has 0 radical (unpaired) electrons. The zero-order valence-electron chi connectivity index (χ0n) is 15.1. The summed E-state index contributed by atoms with van der Waals surface area (Å²) in [5.74, 6) is -0.269. The Morgan fingerprint density at radius 1 is 1.29 bits per heavy atom. The average molecular weight is 331 g/mol. The molecular formula is C19H29N3O2. The molecule has 0 aliphatic carbocycles. The van der Waals surface area contributed by atoms with Gasteiger partial charge in [-0.05, 0) is 51.3 Å². The van der Waals surface area contributed by atoms with Gasteiger partial charge in [-0.15, -0.1) is 0 Å². The summed E-state index contributed by atoms with van der Waals surface area (Å²) < 4.78 is 0. The molecule has 0 saturated carbocycles. The molecule has 2 amide bonds. The van der Waals surface area contributed by atoms with Gasteiger partial charge in [-0.3, -0.25) is 9.59 Å². The Kier molecular flexibility index (Phi) is 6.37. The van der Waals surface area contributed by atoms with E-state index in [1.54, 1.807) is 6.07 Å². The van der Waals surface area contributed by atoms with Crippen molar-refractivity contribution < 1.29 is 9.59 Å². The van der Waals surface area contributed by atoms with E-state index in [4.69, 9.17) is 0 Å². The minimum absolute atomic E-state index is 0.0258. The van der Waals surface area contributed by atoms with Crippen LogP contribution < -0.4 is 16.0 Å². The van der Waals surface area contributed by atoms with Gasteiger partial charge in [0.15, 0.2) is 0 Å². The van der Waals surface area contributed by atoms with Crippen LogP contribution >= 0.6 is 0 Å². The Bertz CT molecular complexity index is 586. The number of aryl methyl sites for hydroxylation is 1. The molecule has 1 saturated heterocycles. The smallest absolute Gasteiger partial charge is 0.251 e. The van der Waals surface area contributed by atoms with E-state index in [0.717, 1.165) is 24.9 Å². The maximum Gasteiger partial charge on any atom is 0.251 e. The Balaban J connectivity index is 2.00. The van der Waals surface area contributed by atoms with Crippen LogP contribution in [-0.4, -0.2) is 36.5 Å². The lowest BCUT2D eigenvalue weighted by Crippen LogP contribution is -2.54. The topological polar surface area (TPSA) is 70.2 Å². The predicted molar refractivity (Wildman–Crippen MR) is 95.9 cm³/mol. The van der Waals surface area contributed by atoms with E-state index < -0.39 is 6.04 Å². The highest BCUT2D eigenvalue weighted by Gasteiger charge is 2.28. The van der Waals surface area contributed by atoms with Crippen LogP contribution in [0, 0.1) is 12.8 Å². The van der Waals surface area contributed by atoms with Crippen molar-refractivity contribution in [2.24, 2.45) is 5.92 Å². The van der Waals surface area contributed by atoms with E-state index in [1.807, 2.05) is 39.0 Å². The van der Waals surface area contributed by atoms with Gasteiger partial charge in [0.1, 0.15) is 6.04 Å². The number of hydrogen-bond donors (Lipinski definition) is 3. The maximum atomic E-state index is 12.6. The first-order chi connectivity index (χ1) is 11.4. The summed E-state index contributed by atoms with van der Waals surface area (Å²) in [6.45, 7) is 8.88. The molecule has 5 nitrogen and oxygen atoms in total. The second-order valence-corrected chi connectivity index (χ2v) is 7.15. The minimum atomic E-state index is -0.525. The first-order valence-electron chi connectivity index (χ1n) is 8.78. The fourth-order valence-electron chi connectivity index (χ4n) is 3.10. The summed E-state index contributed by atoms with van der Waals surface area (Å²) in [7, 11) is 0. The summed E-state index contributed by atoms with van der Waals surface area (Å²) in [4.78, 5) is 25.1. The van der Waals surface area contributed by atoms with Gasteiger partial charge in [0.05, 0.1) is 0 Å². The molecule has 0 aromatic heterocycles. The molecule has 2 rings (SSSR count). The SMILES string of the molecule is Cc1cccc(C(=O)NC(C(=O)NC2CCNC(C)C2)C(C)C)c1. The van der Waals surface area contributed by atoms with Crippen LogP contribution in [0.4, 0.5) is 0 Å².